The number of aromatic nitrogens is 4. The minimum Gasteiger partial charge on any atom is -0.469 e. The van der Waals surface area contributed by atoms with Crippen molar-refractivity contribution in [2.45, 2.75) is 37.0 Å². The SMILES string of the molecule is COC(=O)C[C@H](NP(=O)(O)OC[C@H]1O[C@@H](n2cnc3c(N)ncnc32)[C@H](O)[C@@H]1O)C(=O)OC. The molecule has 2 aromatic heterocycles. The summed E-state index contributed by atoms with van der Waals surface area (Å²) in [5, 5.41) is 22.8. The second kappa shape index (κ2) is 10.0. The fraction of sp³-hybridized carbons (Fsp3) is 0.562. The number of nitrogens with one attached hydrogen (secondary N) is 1. The molecular formula is C16H23N6O10P. The molecule has 16 nitrogen and oxygen atoms in total. The molecule has 0 amide bonds. The van der Waals surface area contributed by atoms with E-state index in [1.54, 1.807) is 0 Å². The number of ether oxygens (including phenoxy) is 3. The minimum absolute atomic E-state index is 0.103. The van der Waals surface area contributed by atoms with Crippen LogP contribution in [0.4, 0.5) is 5.82 Å². The molecule has 3 heterocycles. The third-order valence-corrected chi connectivity index (χ3v) is 5.95. The van der Waals surface area contributed by atoms with Crippen molar-refractivity contribution in [1.29, 1.82) is 0 Å². The lowest BCUT2D eigenvalue weighted by atomic mass is 10.1. The largest absolute Gasteiger partial charge is 0.469 e. The van der Waals surface area contributed by atoms with Crippen molar-refractivity contribution in [3.05, 3.63) is 12.7 Å². The van der Waals surface area contributed by atoms with Gasteiger partial charge in [-0.3, -0.25) is 18.7 Å². The van der Waals surface area contributed by atoms with Crippen LogP contribution >= 0.6 is 7.75 Å². The van der Waals surface area contributed by atoms with E-state index in [4.69, 9.17) is 15.0 Å². The molecule has 0 aliphatic carbocycles. The lowest BCUT2D eigenvalue weighted by Gasteiger charge is -2.21. The van der Waals surface area contributed by atoms with Crippen molar-refractivity contribution in [2.75, 3.05) is 26.6 Å². The van der Waals surface area contributed by atoms with E-state index < -0.39 is 63.3 Å². The van der Waals surface area contributed by atoms with Crippen LogP contribution in [0.25, 0.3) is 11.2 Å². The Bertz CT molecular complexity index is 1070. The van der Waals surface area contributed by atoms with Gasteiger partial charge in [-0.15, -0.1) is 0 Å². The van der Waals surface area contributed by atoms with Gasteiger partial charge in [0.05, 0.1) is 33.6 Å². The molecule has 6 N–H and O–H groups in total. The lowest BCUT2D eigenvalue weighted by Crippen LogP contribution is -2.39. The van der Waals surface area contributed by atoms with Crippen molar-refractivity contribution in [2.24, 2.45) is 0 Å². The second-order valence-electron chi connectivity index (χ2n) is 6.93. The molecule has 0 spiro atoms. The number of methoxy groups -OCH3 is 2. The highest BCUT2D eigenvalue weighted by molar-refractivity contribution is 7.50. The van der Waals surface area contributed by atoms with Crippen LogP contribution in [0.5, 0.6) is 0 Å². The van der Waals surface area contributed by atoms with E-state index in [0.717, 1.165) is 14.2 Å². The zero-order chi connectivity index (χ0) is 24.3. The second-order valence-corrected chi connectivity index (χ2v) is 8.49. The molecule has 1 saturated heterocycles. The molecule has 182 valence electrons. The molecule has 17 heteroatoms. The molecule has 0 radical (unpaired) electrons. The zero-order valence-corrected chi connectivity index (χ0v) is 18.4. The number of hydrogen-bond donors (Lipinski definition) is 5. The summed E-state index contributed by atoms with van der Waals surface area (Å²) in [6, 6.07) is -1.53. The monoisotopic (exact) mass is 490 g/mol. The Balaban J connectivity index is 1.68. The molecule has 1 fully saturated rings. The Labute approximate surface area is 186 Å². The number of rotatable bonds is 9. The maximum absolute atomic E-state index is 12.4. The lowest BCUT2D eigenvalue weighted by molar-refractivity contribution is -0.149. The summed E-state index contributed by atoms with van der Waals surface area (Å²) in [6.07, 6.45) is -3.53. The number of nitrogens with two attached hydrogens (primary N) is 1. The number of nitrogen functional groups attached to an aromatic ring is 1. The van der Waals surface area contributed by atoms with Gasteiger partial charge in [0, 0.05) is 0 Å². The van der Waals surface area contributed by atoms with Gasteiger partial charge < -0.3 is 35.1 Å². The molecule has 0 bridgehead atoms. The van der Waals surface area contributed by atoms with Gasteiger partial charge in [-0.25, -0.2) is 24.6 Å². The van der Waals surface area contributed by atoms with Crippen LogP contribution < -0.4 is 10.8 Å². The van der Waals surface area contributed by atoms with Gasteiger partial charge in [0.1, 0.15) is 36.2 Å². The number of fused-ring (bicyclic) bond motifs is 1. The van der Waals surface area contributed by atoms with Gasteiger partial charge in [0.25, 0.3) is 0 Å². The summed E-state index contributed by atoms with van der Waals surface area (Å²) in [4.78, 5) is 45.2. The molecular weight excluding hydrogens is 467 g/mol. The molecule has 0 aromatic carbocycles. The minimum atomic E-state index is -4.69. The maximum Gasteiger partial charge on any atom is 0.403 e. The Hall–Kier alpha value is -2.72. The van der Waals surface area contributed by atoms with E-state index in [1.165, 1.54) is 17.2 Å². The Morgan fingerprint density at radius 2 is 2.00 bits per heavy atom. The molecule has 0 saturated carbocycles. The third kappa shape index (κ3) is 5.44. The van der Waals surface area contributed by atoms with Gasteiger partial charge in [-0.1, -0.05) is 0 Å². The number of hydrogen-bond acceptors (Lipinski definition) is 13. The number of imidazole rings is 1. The molecule has 33 heavy (non-hydrogen) atoms. The highest BCUT2D eigenvalue weighted by Gasteiger charge is 2.45. The number of carbonyl (C=O) groups is 2. The Morgan fingerprint density at radius 3 is 2.67 bits per heavy atom. The van der Waals surface area contributed by atoms with Crippen LogP contribution in [0.1, 0.15) is 12.6 Å². The highest BCUT2D eigenvalue weighted by atomic mass is 31.2. The highest BCUT2D eigenvalue weighted by Crippen LogP contribution is 2.40. The van der Waals surface area contributed by atoms with E-state index in [0.29, 0.717) is 0 Å². The quantitative estimate of drug-likeness (QED) is 0.186. The number of esters is 2. The Morgan fingerprint density at radius 1 is 1.27 bits per heavy atom. The van der Waals surface area contributed by atoms with Crippen molar-refractivity contribution >= 4 is 36.7 Å². The Kier molecular flexibility index (Phi) is 7.58. The molecule has 6 atom stereocenters. The van der Waals surface area contributed by atoms with Gasteiger partial charge >= 0.3 is 19.7 Å². The standard InChI is InChI=1S/C16H23N6O10P/c1-29-9(23)3-7(16(26)30-2)21-33(27,28)31-4-8-11(24)12(25)15(32-8)22-6-20-10-13(17)18-5-19-14(10)22/h5-8,11-12,15,24-25H,3-4H2,1-2H3,(H2,17,18,19)(H2,21,27,28)/t7-,8+,11+,12+,15+/m0/s1. The van der Waals surface area contributed by atoms with Crippen LogP contribution in [0.3, 0.4) is 0 Å². The zero-order valence-electron chi connectivity index (χ0n) is 17.5. The van der Waals surface area contributed by atoms with Gasteiger partial charge in [-0.2, -0.15) is 0 Å². The molecule has 1 unspecified atom stereocenters. The predicted octanol–water partition coefficient (Wildman–Crippen LogP) is -2.16. The van der Waals surface area contributed by atoms with E-state index in [-0.39, 0.29) is 17.0 Å². The number of carbonyl (C=O) groups excluding carboxylic acids is 2. The summed E-state index contributed by atoms with van der Waals surface area (Å²) in [6.45, 7) is -0.661. The number of anilines is 1. The first kappa shape index (κ1) is 24.9. The van der Waals surface area contributed by atoms with Crippen molar-refractivity contribution in [1.82, 2.24) is 24.6 Å². The van der Waals surface area contributed by atoms with Gasteiger partial charge in [0.2, 0.25) is 0 Å². The predicted molar refractivity (Wildman–Crippen MR) is 107 cm³/mol. The number of aliphatic hydroxyl groups excluding tert-OH is 2. The van der Waals surface area contributed by atoms with E-state index >= 15 is 0 Å². The molecule has 2 aromatic rings. The average molecular weight is 490 g/mol. The van der Waals surface area contributed by atoms with Gasteiger partial charge in [0.15, 0.2) is 17.7 Å². The fourth-order valence-corrected chi connectivity index (χ4v) is 4.15. The first-order chi connectivity index (χ1) is 15.6. The van der Waals surface area contributed by atoms with Gasteiger partial charge in [-0.05, 0) is 0 Å². The fourth-order valence-electron chi connectivity index (χ4n) is 3.14. The summed E-state index contributed by atoms with van der Waals surface area (Å²) in [5.74, 6) is -1.74. The summed E-state index contributed by atoms with van der Waals surface area (Å²) in [7, 11) is -2.59. The van der Waals surface area contributed by atoms with Crippen LogP contribution in [0.15, 0.2) is 12.7 Å². The van der Waals surface area contributed by atoms with Crippen LogP contribution in [-0.4, -0.2) is 91.7 Å². The maximum atomic E-state index is 12.4. The summed E-state index contributed by atoms with van der Waals surface area (Å²) < 4.78 is 33.2. The first-order valence-corrected chi connectivity index (χ1v) is 11.0. The van der Waals surface area contributed by atoms with Crippen LogP contribution in [-0.2, 0) is 32.9 Å². The topological polar surface area (TPSA) is 230 Å². The molecule has 1 aliphatic rings. The summed E-state index contributed by atoms with van der Waals surface area (Å²) >= 11 is 0. The average Bonchev–Trinajstić information content (AvgIpc) is 3.33. The van der Waals surface area contributed by atoms with Crippen LogP contribution in [0, 0.1) is 0 Å². The van der Waals surface area contributed by atoms with E-state index in [9.17, 15) is 29.3 Å². The first-order valence-electron chi connectivity index (χ1n) is 9.42. The van der Waals surface area contributed by atoms with E-state index in [2.05, 4.69) is 24.4 Å². The van der Waals surface area contributed by atoms with Crippen molar-refractivity contribution in [3.8, 4) is 0 Å². The summed E-state index contributed by atoms with van der Waals surface area (Å²) in [5.41, 5.74) is 6.23. The van der Waals surface area contributed by atoms with Crippen molar-refractivity contribution in [3.63, 3.8) is 0 Å². The van der Waals surface area contributed by atoms with E-state index in [1.807, 2.05) is 5.09 Å². The number of aliphatic hydroxyl groups is 2. The molecule has 1 aliphatic heterocycles. The normalized spacial score (nSPS) is 25.5. The van der Waals surface area contributed by atoms with Crippen molar-refractivity contribution < 1.29 is 48.0 Å². The number of nitrogens with zero attached hydrogens (tertiary/aromatic N) is 4. The smallest absolute Gasteiger partial charge is 0.403 e. The molecule has 3 rings (SSSR count). The third-order valence-electron chi connectivity index (χ3n) is 4.82. The van der Waals surface area contributed by atoms with Crippen LogP contribution in [0.2, 0.25) is 0 Å².